The topological polar surface area (TPSA) is 41.6 Å². The van der Waals surface area contributed by atoms with Gasteiger partial charge in [-0.1, -0.05) is 31.0 Å². The highest BCUT2D eigenvalue weighted by molar-refractivity contribution is 5.79. The summed E-state index contributed by atoms with van der Waals surface area (Å²) in [7, 11) is 1.65. The van der Waals surface area contributed by atoms with Crippen LogP contribution in [-0.4, -0.2) is 43.6 Å². The summed E-state index contributed by atoms with van der Waals surface area (Å²) < 4.78 is 5.33. The van der Waals surface area contributed by atoms with Gasteiger partial charge in [0.1, 0.15) is 5.75 Å². The molecule has 1 amide bonds. The number of nitrogens with zero attached hydrogens (tertiary/aromatic N) is 1. The molecule has 0 bridgehead atoms. The molecule has 1 saturated carbocycles. The molecule has 1 aromatic rings. The molecule has 0 unspecified atom stereocenters. The molecule has 4 heteroatoms. The minimum Gasteiger partial charge on any atom is -0.496 e. The van der Waals surface area contributed by atoms with Crippen LogP contribution in [0.2, 0.25) is 0 Å². The van der Waals surface area contributed by atoms with Gasteiger partial charge in [0, 0.05) is 31.2 Å². The van der Waals surface area contributed by atoms with Crippen LogP contribution in [0.3, 0.4) is 0 Å². The maximum absolute atomic E-state index is 12.3. The molecule has 1 aliphatic heterocycles. The van der Waals surface area contributed by atoms with Gasteiger partial charge in [0.25, 0.3) is 0 Å². The first-order valence-corrected chi connectivity index (χ1v) is 9.38. The maximum atomic E-state index is 12.3. The van der Waals surface area contributed by atoms with E-state index in [2.05, 4.69) is 10.2 Å². The number of piperidine rings is 1. The fraction of sp³-hybridized carbons (Fsp3) is 0.650. The number of hydrogen-bond donors (Lipinski definition) is 1. The average molecular weight is 330 g/mol. The summed E-state index contributed by atoms with van der Waals surface area (Å²) in [4.78, 5) is 14.9. The molecule has 132 valence electrons. The zero-order chi connectivity index (χ0) is 16.8. The number of hydrogen-bond acceptors (Lipinski definition) is 3. The van der Waals surface area contributed by atoms with Crippen LogP contribution in [-0.2, 0) is 11.2 Å². The Hall–Kier alpha value is -1.55. The molecular formula is C20H30N2O2. The first kappa shape index (κ1) is 17.3. The van der Waals surface area contributed by atoms with E-state index >= 15 is 0 Å². The predicted molar refractivity (Wildman–Crippen MR) is 96.3 cm³/mol. The van der Waals surface area contributed by atoms with Crippen LogP contribution < -0.4 is 10.1 Å². The molecule has 2 aliphatic rings. The van der Waals surface area contributed by atoms with Crippen LogP contribution in [0.5, 0.6) is 5.75 Å². The number of rotatable bonds is 6. The van der Waals surface area contributed by atoms with E-state index < -0.39 is 0 Å². The predicted octanol–water partition coefficient (Wildman–Crippen LogP) is 3.01. The second-order valence-electron chi connectivity index (χ2n) is 7.28. The van der Waals surface area contributed by atoms with Crippen molar-refractivity contribution in [2.24, 2.45) is 5.92 Å². The Bertz CT molecular complexity index is 532. The molecule has 0 radical (unpaired) electrons. The molecule has 0 spiro atoms. The first-order valence-electron chi connectivity index (χ1n) is 9.38. The lowest BCUT2D eigenvalue weighted by Gasteiger charge is -2.33. The Kier molecular flexibility index (Phi) is 6.13. The molecule has 1 aromatic carbocycles. The first-order chi connectivity index (χ1) is 11.7. The quantitative estimate of drug-likeness (QED) is 0.872. The molecule has 1 N–H and O–H groups in total. The van der Waals surface area contributed by atoms with Gasteiger partial charge in [0.05, 0.1) is 13.5 Å². The number of para-hydroxylation sites is 1. The number of carbonyl (C=O) groups excluding carboxylic acids is 1. The monoisotopic (exact) mass is 330 g/mol. The smallest absolute Gasteiger partial charge is 0.224 e. The van der Waals surface area contributed by atoms with E-state index in [1.807, 2.05) is 24.3 Å². The highest BCUT2D eigenvalue weighted by Crippen LogP contribution is 2.26. The van der Waals surface area contributed by atoms with Crippen LogP contribution in [0.25, 0.3) is 0 Å². The minimum absolute atomic E-state index is 0.105. The normalized spacial score (nSPS) is 20.2. The largest absolute Gasteiger partial charge is 0.496 e. The third-order valence-electron chi connectivity index (χ3n) is 5.49. The SMILES string of the molecule is COc1ccccc1CC(=O)NC1CCN(CC2CCCC2)CC1. The van der Waals surface area contributed by atoms with Crippen LogP contribution >= 0.6 is 0 Å². The Balaban J connectivity index is 1.41. The Morgan fingerprint density at radius 2 is 1.88 bits per heavy atom. The maximum Gasteiger partial charge on any atom is 0.224 e. The molecule has 3 rings (SSSR count). The molecule has 1 heterocycles. The summed E-state index contributed by atoms with van der Waals surface area (Å²) in [6.07, 6.45) is 8.20. The molecule has 1 aliphatic carbocycles. The van der Waals surface area contributed by atoms with E-state index in [0.717, 1.165) is 43.2 Å². The van der Waals surface area contributed by atoms with Crippen molar-refractivity contribution in [2.75, 3.05) is 26.7 Å². The van der Waals surface area contributed by atoms with Gasteiger partial charge in [-0.15, -0.1) is 0 Å². The Morgan fingerprint density at radius 3 is 2.58 bits per heavy atom. The standard InChI is InChI=1S/C20H30N2O2/c1-24-19-9-5-4-8-17(19)14-20(23)21-18-10-12-22(13-11-18)15-16-6-2-3-7-16/h4-5,8-9,16,18H,2-3,6-7,10-15H2,1H3,(H,21,23). The molecule has 0 aromatic heterocycles. The zero-order valence-corrected chi connectivity index (χ0v) is 14.8. The van der Waals surface area contributed by atoms with Gasteiger partial charge in [0.15, 0.2) is 0 Å². The van der Waals surface area contributed by atoms with Crippen molar-refractivity contribution in [1.82, 2.24) is 10.2 Å². The Labute approximate surface area is 145 Å². The van der Waals surface area contributed by atoms with E-state index in [9.17, 15) is 4.79 Å². The summed E-state index contributed by atoms with van der Waals surface area (Å²) in [5.41, 5.74) is 0.955. The van der Waals surface area contributed by atoms with Gasteiger partial charge in [-0.25, -0.2) is 0 Å². The van der Waals surface area contributed by atoms with E-state index in [-0.39, 0.29) is 5.91 Å². The van der Waals surface area contributed by atoms with Crippen LogP contribution in [0, 0.1) is 5.92 Å². The summed E-state index contributed by atoms with van der Waals surface area (Å²) >= 11 is 0. The number of amides is 1. The third-order valence-corrected chi connectivity index (χ3v) is 5.49. The summed E-state index contributed by atoms with van der Waals surface area (Å²) in [5.74, 6) is 1.81. The van der Waals surface area contributed by atoms with E-state index in [4.69, 9.17) is 4.74 Å². The van der Waals surface area contributed by atoms with Gasteiger partial charge in [-0.2, -0.15) is 0 Å². The van der Waals surface area contributed by atoms with Crippen molar-refractivity contribution in [1.29, 1.82) is 0 Å². The van der Waals surface area contributed by atoms with Crippen molar-refractivity contribution in [3.8, 4) is 5.75 Å². The van der Waals surface area contributed by atoms with E-state index in [0.29, 0.717) is 12.5 Å². The van der Waals surface area contributed by atoms with E-state index in [1.165, 1.54) is 32.2 Å². The van der Waals surface area contributed by atoms with E-state index in [1.54, 1.807) is 7.11 Å². The zero-order valence-electron chi connectivity index (χ0n) is 14.8. The fourth-order valence-electron chi connectivity index (χ4n) is 4.12. The lowest BCUT2D eigenvalue weighted by molar-refractivity contribution is -0.121. The van der Waals surface area contributed by atoms with Crippen LogP contribution in [0.15, 0.2) is 24.3 Å². The lowest BCUT2D eigenvalue weighted by atomic mass is 10.0. The van der Waals surface area contributed by atoms with Crippen molar-refractivity contribution in [2.45, 2.75) is 51.0 Å². The lowest BCUT2D eigenvalue weighted by Crippen LogP contribution is -2.46. The summed E-state index contributed by atoms with van der Waals surface area (Å²) in [6, 6.07) is 8.08. The van der Waals surface area contributed by atoms with Gasteiger partial charge in [-0.05, 0) is 37.7 Å². The minimum atomic E-state index is 0.105. The second kappa shape index (κ2) is 8.52. The molecule has 0 atom stereocenters. The number of likely N-dealkylation sites (tertiary alicyclic amines) is 1. The molecule has 4 nitrogen and oxygen atoms in total. The number of nitrogens with one attached hydrogen (secondary N) is 1. The molecule has 2 fully saturated rings. The molecule has 24 heavy (non-hydrogen) atoms. The van der Waals surface area contributed by atoms with Gasteiger partial charge >= 0.3 is 0 Å². The van der Waals surface area contributed by atoms with Gasteiger partial charge < -0.3 is 15.0 Å². The fourth-order valence-corrected chi connectivity index (χ4v) is 4.12. The van der Waals surface area contributed by atoms with Crippen molar-refractivity contribution in [3.05, 3.63) is 29.8 Å². The number of methoxy groups -OCH3 is 1. The Morgan fingerprint density at radius 1 is 1.17 bits per heavy atom. The summed E-state index contributed by atoms with van der Waals surface area (Å²) in [6.45, 7) is 3.51. The number of carbonyl (C=O) groups is 1. The highest BCUT2D eigenvalue weighted by Gasteiger charge is 2.24. The number of ether oxygens (including phenoxy) is 1. The van der Waals surface area contributed by atoms with Crippen LogP contribution in [0.1, 0.15) is 44.1 Å². The van der Waals surface area contributed by atoms with Gasteiger partial charge in [0.2, 0.25) is 5.91 Å². The van der Waals surface area contributed by atoms with Crippen LogP contribution in [0.4, 0.5) is 0 Å². The second-order valence-corrected chi connectivity index (χ2v) is 7.28. The van der Waals surface area contributed by atoms with Crippen molar-refractivity contribution in [3.63, 3.8) is 0 Å². The van der Waals surface area contributed by atoms with Crippen molar-refractivity contribution >= 4 is 5.91 Å². The van der Waals surface area contributed by atoms with Crippen molar-refractivity contribution < 1.29 is 9.53 Å². The third kappa shape index (κ3) is 4.73. The average Bonchev–Trinajstić information content (AvgIpc) is 3.10. The summed E-state index contributed by atoms with van der Waals surface area (Å²) in [5, 5.41) is 3.21. The molecular weight excluding hydrogens is 300 g/mol. The highest BCUT2D eigenvalue weighted by atomic mass is 16.5. The van der Waals surface area contributed by atoms with Gasteiger partial charge in [-0.3, -0.25) is 4.79 Å². The number of benzene rings is 1. The molecule has 1 saturated heterocycles.